The molecule has 0 aliphatic rings. The van der Waals surface area contributed by atoms with Crippen molar-refractivity contribution >= 4 is 22.5 Å². The van der Waals surface area contributed by atoms with Gasteiger partial charge in [-0.15, -0.1) is 0 Å². The van der Waals surface area contributed by atoms with E-state index in [9.17, 15) is 19.3 Å². The minimum atomic E-state index is -0.449. The van der Waals surface area contributed by atoms with Gasteiger partial charge < -0.3 is 9.88 Å². The van der Waals surface area contributed by atoms with Crippen LogP contribution in [0.4, 0.5) is 10.1 Å². The number of nitro groups is 1. The maximum atomic E-state index is 13.9. The zero-order chi connectivity index (χ0) is 27.4. The number of amides is 1. The fourth-order valence-electron chi connectivity index (χ4n) is 5.03. The molecule has 0 bridgehead atoms. The third-order valence-corrected chi connectivity index (χ3v) is 7.02. The zero-order valence-corrected chi connectivity index (χ0v) is 21.5. The molecule has 0 radical (unpaired) electrons. The second-order valence-electron chi connectivity index (χ2n) is 9.66. The molecule has 5 rings (SSSR count). The van der Waals surface area contributed by atoms with Crippen molar-refractivity contribution in [1.29, 1.82) is 0 Å². The van der Waals surface area contributed by atoms with Gasteiger partial charge in [-0.1, -0.05) is 72.8 Å². The van der Waals surface area contributed by atoms with Crippen molar-refractivity contribution in [1.82, 2.24) is 9.88 Å². The number of rotatable bonds is 9. The lowest BCUT2D eigenvalue weighted by Gasteiger charge is -2.20. The van der Waals surface area contributed by atoms with Crippen LogP contribution in [0.25, 0.3) is 10.9 Å². The van der Waals surface area contributed by atoms with E-state index in [1.165, 1.54) is 18.2 Å². The van der Waals surface area contributed by atoms with Crippen LogP contribution in [-0.4, -0.2) is 15.4 Å². The molecule has 0 spiro atoms. The van der Waals surface area contributed by atoms with Gasteiger partial charge in [-0.2, -0.15) is 0 Å². The van der Waals surface area contributed by atoms with E-state index in [0.717, 1.165) is 27.8 Å². The van der Waals surface area contributed by atoms with Gasteiger partial charge in [0.15, 0.2) is 0 Å². The largest absolute Gasteiger partial charge is 0.350 e. The lowest BCUT2D eigenvalue weighted by Crippen LogP contribution is -2.28. The summed E-state index contributed by atoms with van der Waals surface area (Å²) < 4.78 is 15.9. The van der Waals surface area contributed by atoms with E-state index >= 15 is 0 Å². The normalized spacial score (nSPS) is 12.7. The summed E-state index contributed by atoms with van der Waals surface area (Å²) in [6.07, 6.45) is 2.05. The summed E-state index contributed by atoms with van der Waals surface area (Å²) in [4.78, 5) is 24.6. The molecular weight excluding hydrogens is 493 g/mol. The fourth-order valence-corrected chi connectivity index (χ4v) is 5.03. The zero-order valence-electron chi connectivity index (χ0n) is 21.5. The molecule has 1 N–H and O–H groups in total. The Morgan fingerprint density at radius 2 is 1.59 bits per heavy atom. The van der Waals surface area contributed by atoms with Crippen molar-refractivity contribution in [2.24, 2.45) is 0 Å². The summed E-state index contributed by atoms with van der Waals surface area (Å²) in [6.45, 7) is 2.48. The molecule has 39 heavy (non-hydrogen) atoms. The van der Waals surface area contributed by atoms with Crippen LogP contribution in [0.15, 0.2) is 109 Å². The molecule has 1 amide bonds. The molecule has 0 fully saturated rings. The van der Waals surface area contributed by atoms with E-state index in [2.05, 4.69) is 5.32 Å². The molecule has 2 atom stereocenters. The number of aromatic nitrogens is 1. The third kappa shape index (κ3) is 5.88. The Bertz CT molecular complexity index is 1600. The minimum absolute atomic E-state index is 0.0266. The molecule has 0 saturated carbocycles. The molecular formula is C32H28FN3O3. The van der Waals surface area contributed by atoms with Gasteiger partial charge >= 0.3 is 0 Å². The van der Waals surface area contributed by atoms with Crippen molar-refractivity contribution in [3.05, 3.63) is 148 Å². The highest BCUT2D eigenvalue weighted by atomic mass is 19.1. The van der Waals surface area contributed by atoms with Crippen molar-refractivity contribution in [3.63, 3.8) is 0 Å². The van der Waals surface area contributed by atoms with Crippen LogP contribution >= 0.6 is 0 Å². The molecule has 196 valence electrons. The summed E-state index contributed by atoms with van der Waals surface area (Å²) in [7, 11) is 0. The Hall–Kier alpha value is -4.78. The van der Waals surface area contributed by atoms with Gasteiger partial charge in [-0.3, -0.25) is 14.9 Å². The van der Waals surface area contributed by atoms with Crippen LogP contribution in [0.2, 0.25) is 0 Å². The fraction of sp³-hybridized carbons (Fsp3) is 0.156. The number of fused-ring (bicyclic) bond motifs is 1. The van der Waals surface area contributed by atoms with Crippen molar-refractivity contribution < 1.29 is 14.1 Å². The Labute approximate surface area is 225 Å². The number of hydrogen-bond acceptors (Lipinski definition) is 3. The molecule has 1 heterocycles. The topological polar surface area (TPSA) is 77.2 Å². The lowest BCUT2D eigenvalue weighted by molar-refractivity contribution is -0.384. The maximum absolute atomic E-state index is 13.9. The quantitative estimate of drug-likeness (QED) is 0.165. The average Bonchev–Trinajstić information content (AvgIpc) is 3.30. The highest BCUT2D eigenvalue weighted by Crippen LogP contribution is 2.37. The number of non-ortho nitro benzene ring substituents is 1. The molecule has 0 aliphatic carbocycles. The summed E-state index contributed by atoms with van der Waals surface area (Å²) in [5.74, 6) is -0.994. The van der Waals surface area contributed by atoms with E-state index in [4.69, 9.17) is 0 Å². The predicted octanol–water partition coefficient (Wildman–Crippen LogP) is 7.14. The van der Waals surface area contributed by atoms with Crippen molar-refractivity contribution in [2.45, 2.75) is 31.8 Å². The highest BCUT2D eigenvalue weighted by Gasteiger charge is 2.25. The van der Waals surface area contributed by atoms with Crippen LogP contribution in [0.5, 0.6) is 0 Å². The Morgan fingerprint density at radius 1 is 0.923 bits per heavy atom. The van der Waals surface area contributed by atoms with Gasteiger partial charge in [-0.25, -0.2) is 4.39 Å². The van der Waals surface area contributed by atoms with E-state index in [0.29, 0.717) is 11.9 Å². The van der Waals surface area contributed by atoms with Crippen molar-refractivity contribution in [2.75, 3.05) is 0 Å². The number of nitrogens with zero attached hydrogens (tertiary/aromatic N) is 2. The summed E-state index contributed by atoms with van der Waals surface area (Å²) >= 11 is 0. The van der Waals surface area contributed by atoms with Gasteiger partial charge in [0.05, 0.1) is 11.0 Å². The standard InChI is InChI=1S/C32H28FN3O3/c1-22(24-10-6-3-7-11-24)34-32(37)19-28(25-12-14-26(33)15-13-25)30-21-35(20-23-8-4-2-5-9-23)31-17-16-27(36(38)39)18-29(30)31/h2-18,21-22,28H,19-20H2,1H3,(H,34,37)/t22-,28+/m1/s1. The summed E-state index contributed by atoms with van der Waals surface area (Å²) in [5, 5.41) is 15.4. The van der Waals surface area contributed by atoms with Gasteiger partial charge in [0.2, 0.25) is 5.91 Å². The first-order chi connectivity index (χ1) is 18.9. The summed E-state index contributed by atoms with van der Waals surface area (Å²) in [6, 6.07) is 30.3. The first-order valence-electron chi connectivity index (χ1n) is 12.8. The van der Waals surface area contributed by atoms with Crippen molar-refractivity contribution in [3.8, 4) is 0 Å². The number of nitro benzene ring substituents is 1. The van der Waals surface area contributed by atoms with E-state index in [1.807, 2.05) is 78.4 Å². The van der Waals surface area contributed by atoms with Crippen LogP contribution in [0.1, 0.15) is 47.6 Å². The smallest absolute Gasteiger partial charge is 0.270 e. The molecule has 7 heteroatoms. The lowest BCUT2D eigenvalue weighted by atomic mass is 9.87. The molecule has 4 aromatic carbocycles. The Morgan fingerprint density at radius 3 is 2.26 bits per heavy atom. The maximum Gasteiger partial charge on any atom is 0.270 e. The SMILES string of the molecule is C[C@@H](NC(=O)C[C@@H](c1ccc(F)cc1)c1cn(Cc2ccccc2)c2ccc([N+](=O)[O-])cc12)c1ccccc1. The number of carbonyl (C=O) groups excluding carboxylic acids is 1. The molecule has 5 aromatic rings. The molecule has 6 nitrogen and oxygen atoms in total. The second-order valence-corrected chi connectivity index (χ2v) is 9.66. The van der Waals surface area contributed by atoms with Gasteiger partial charge in [0.1, 0.15) is 5.82 Å². The molecule has 0 aliphatic heterocycles. The van der Waals surface area contributed by atoms with E-state index in [-0.39, 0.29) is 29.9 Å². The van der Waals surface area contributed by atoms with E-state index in [1.54, 1.807) is 24.3 Å². The molecule has 0 unspecified atom stereocenters. The number of nitrogens with one attached hydrogen (secondary N) is 1. The number of hydrogen-bond donors (Lipinski definition) is 1. The number of carbonyl (C=O) groups is 1. The molecule has 0 saturated heterocycles. The van der Waals surface area contributed by atoms with Crippen LogP contribution in [-0.2, 0) is 11.3 Å². The van der Waals surface area contributed by atoms with Gasteiger partial charge in [-0.05, 0) is 47.4 Å². The van der Waals surface area contributed by atoms with Gasteiger partial charge in [0, 0.05) is 48.1 Å². The average molecular weight is 522 g/mol. The Kier molecular flexibility index (Phi) is 7.50. The number of benzene rings is 4. The van der Waals surface area contributed by atoms with Crippen LogP contribution < -0.4 is 5.32 Å². The second kappa shape index (κ2) is 11.3. The van der Waals surface area contributed by atoms with E-state index < -0.39 is 10.8 Å². The Balaban J connectivity index is 1.57. The first kappa shape index (κ1) is 25.9. The third-order valence-electron chi connectivity index (χ3n) is 7.02. The van der Waals surface area contributed by atoms with Crippen LogP contribution in [0.3, 0.4) is 0 Å². The highest BCUT2D eigenvalue weighted by molar-refractivity contribution is 5.88. The summed E-state index contributed by atoms with van der Waals surface area (Å²) in [5.41, 5.74) is 4.39. The number of halogens is 1. The van der Waals surface area contributed by atoms with Gasteiger partial charge in [0.25, 0.3) is 5.69 Å². The predicted molar refractivity (Wildman–Crippen MR) is 150 cm³/mol. The minimum Gasteiger partial charge on any atom is -0.350 e. The monoisotopic (exact) mass is 521 g/mol. The first-order valence-corrected chi connectivity index (χ1v) is 12.8. The molecule has 1 aromatic heterocycles. The van der Waals surface area contributed by atoms with Crippen LogP contribution in [0, 0.1) is 15.9 Å².